The standard InChI is InChI=1S/C7H15O7P/c1-6(2)14-7(8)12-4-13-15(9,10)5-11-3/h6H,4-5H2,1-3H3,(H,9,10). The van der Waals surface area contributed by atoms with Crippen LogP contribution in [0.1, 0.15) is 13.8 Å². The second-order valence-corrected chi connectivity index (χ2v) is 4.65. The van der Waals surface area contributed by atoms with Gasteiger partial charge in [0.05, 0.1) is 6.10 Å². The zero-order chi connectivity index (χ0) is 11.9. The van der Waals surface area contributed by atoms with E-state index >= 15 is 0 Å². The van der Waals surface area contributed by atoms with E-state index in [9.17, 15) is 9.36 Å². The van der Waals surface area contributed by atoms with Crippen LogP contribution in [0.2, 0.25) is 0 Å². The summed E-state index contributed by atoms with van der Waals surface area (Å²) in [6.45, 7) is 2.64. The first-order valence-electron chi connectivity index (χ1n) is 4.16. The van der Waals surface area contributed by atoms with Crippen LogP contribution in [0.5, 0.6) is 0 Å². The third kappa shape index (κ3) is 8.38. The van der Waals surface area contributed by atoms with E-state index in [2.05, 4.69) is 18.7 Å². The normalized spacial score (nSPS) is 14.7. The number of rotatable bonds is 6. The lowest BCUT2D eigenvalue weighted by molar-refractivity contribution is -0.0126. The third-order valence-electron chi connectivity index (χ3n) is 1.06. The van der Waals surface area contributed by atoms with Gasteiger partial charge in [-0.05, 0) is 13.8 Å². The van der Waals surface area contributed by atoms with Crippen LogP contribution in [-0.2, 0) is 23.3 Å². The summed E-state index contributed by atoms with van der Waals surface area (Å²) in [5.41, 5.74) is 0. The molecule has 7 nitrogen and oxygen atoms in total. The highest BCUT2D eigenvalue weighted by Crippen LogP contribution is 2.41. The van der Waals surface area contributed by atoms with Gasteiger partial charge in [-0.3, -0.25) is 9.09 Å². The Morgan fingerprint density at radius 2 is 2.07 bits per heavy atom. The summed E-state index contributed by atoms with van der Waals surface area (Å²) in [5, 5.41) is 0. The topological polar surface area (TPSA) is 91.3 Å². The molecule has 0 aromatic rings. The van der Waals surface area contributed by atoms with Gasteiger partial charge in [0.25, 0.3) is 0 Å². The molecule has 0 saturated heterocycles. The van der Waals surface area contributed by atoms with Crippen molar-refractivity contribution in [2.24, 2.45) is 0 Å². The zero-order valence-electron chi connectivity index (χ0n) is 8.84. The average molecular weight is 242 g/mol. The molecule has 15 heavy (non-hydrogen) atoms. The molecule has 0 radical (unpaired) electrons. The molecule has 1 unspecified atom stereocenters. The van der Waals surface area contributed by atoms with Gasteiger partial charge >= 0.3 is 13.8 Å². The monoisotopic (exact) mass is 242 g/mol. The summed E-state index contributed by atoms with van der Waals surface area (Å²) in [7, 11) is -2.59. The second-order valence-electron chi connectivity index (χ2n) is 2.86. The molecule has 0 rings (SSSR count). The van der Waals surface area contributed by atoms with Crippen LogP contribution >= 0.6 is 7.60 Å². The number of hydrogen-bond donors (Lipinski definition) is 1. The van der Waals surface area contributed by atoms with Gasteiger partial charge in [0, 0.05) is 7.11 Å². The largest absolute Gasteiger partial charge is 0.510 e. The van der Waals surface area contributed by atoms with Gasteiger partial charge < -0.3 is 19.1 Å². The highest BCUT2D eigenvalue weighted by Gasteiger charge is 2.19. The van der Waals surface area contributed by atoms with Crippen LogP contribution in [0, 0.1) is 0 Å². The summed E-state index contributed by atoms with van der Waals surface area (Å²) >= 11 is 0. The van der Waals surface area contributed by atoms with E-state index in [-0.39, 0.29) is 6.10 Å². The van der Waals surface area contributed by atoms with Gasteiger partial charge in [-0.25, -0.2) is 4.79 Å². The highest BCUT2D eigenvalue weighted by atomic mass is 31.2. The Balaban J connectivity index is 3.70. The maximum atomic E-state index is 11.0. The van der Waals surface area contributed by atoms with Gasteiger partial charge in [0.1, 0.15) is 6.35 Å². The molecule has 0 heterocycles. The minimum atomic E-state index is -3.84. The second kappa shape index (κ2) is 6.79. The molecule has 0 saturated carbocycles. The molecule has 90 valence electrons. The first kappa shape index (κ1) is 14.4. The Morgan fingerprint density at radius 1 is 1.47 bits per heavy atom. The van der Waals surface area contributed by atoms with Crippen LogP contribution in [-0.4, -0.2) is 37.4 Å². The number of hydrogen-bond acceptors (Lipinski definition) is 6. The minimum absolute atomic E-state index is 0.322. The van der Waals surface area contributed by atoms with E-state index in [0.29, 0.717) is 0 Å². The summed E-state index contributed by atoms with van der Waals surface area (Å²) in [6, 6.07) is 0. The summed E-state index contributed by atoms with van der Waals surface area (Å²) in [5.74, 6) is 0. The maximum Gasteiger partial charge on any atom is 0.510 e. The van der Waals surface area contributed by atoms with Crippen molar-refractivity contribution in [2.45, 2.75) is 20.0 Å². The first-order chi connectivity index (χ1) is 6.87. The number of carbonyl (C=O) groups excluding carboxylic acids is 1. The van der Waals surface area contributed by atoms with E-state index in [4.69, 9.17) is 4.89 Å². The Hall–Kier alpha value is -0.620. The molecule has 1 N–H and O–H groups in total. The third-order valence-corrected chi connectivity index (χ3v) is 2.15. The lowest BCUT2D eigenvalue weighted by Crippen LogP contribution is -2.14. The Labute approximate surface area is 87.8 Å². The smallest absolute Gasteiger partial charge is 0.432 e. The predicted octanol–water partition coefficient (Wildman–Crippen LogP) is 1.31. The van der Waals surface area contributed by atoms with Crippen LogP contribution < -0.4 is 0 Å². The highest BCUT2D eigenvalue weighted by molar-refractivity contribution is 7.52. The fourth-order valence-corrected chi connectivity index (χ4v) is 1.20. The average Bonchev–Trinajstić information content (AvgIpc) is 2.01. The van der Waals surface area contributed by atoms with Gasteiger partial charge in [-0.2, -0.15) is 0 Å². The van der Waals surface area contributed by atoms with E-state index in [1.807, 2.05) is 0 Å². The van der Waals surface area contributed by atoms with Crippen molar-refractivity contribution in [3.05, 3.63) is 0 Å². The van der Waals surface area contributed by atoms with Crippen molar-refractivity contribution in [3.8, 4) is 0 Å². The van der Waals surface area contributed by atoms with Gasteiger partial charge in [0.2, 0.25) is 6.79 Å². The van der Waals surface area contributed by atoms with Crippen molar-refractivity contribution in [1.82, 2.24) is 0 Å². The van der Waals surface area contributed by atoms with E-state index in [1.54, 1.807) is 13.8 Å². The quantitative estimate of drug-likeness (QED) is 0.426. The van der Waals surface area contributed by atoms with Crippen molar-refractivity contribution in [3.63, 3.8) is 0 Å². The van der Waals surface area contributed by atoms with Gasteiger partial charge in [-0.15, -0.1) is 0 Å². The molecule has 0 aromatic carbocycles. The first-order valence-corrected chi connectivity index (χ1v) is 5.92. The summed E-state index contributed by atoms with van der Waals surface area (Å²) < 4.78 is 28.7. The van der Waals surface area contributed by atoms with Crippen molar-refractivity contribution >= 4 is 13.8 Å². The number of carbonyl (C=O) groups is 1. The molecule has 1 atom stereocenters. The maximum absolute atomic E-state index is 11.0. The molecule has 0 amide bonds. The molecule has 0 bridgehead atoms. The molecule has 8 heteroatoms. The number of ether oxygens (including phenoxy) is 3. The molecule has 0 aliphatic carbocycles. The molecule has 0 aromatic heterocycles. The molecule has 0 aliphatic rings. The molecule has 0 fully saturated rings. The van der Waals surface area contributed by atoms with E-state index < -0.39 is 26.9 Å². The van der Waals surface area contributed by atoms with E-state index in [0.717, 1.165) is 0 Å². The Bertz CT molecular complexity index is 239. The van der Waals surface area contributed by atoms with Crippen molar-refractivity contribution < 1.29 is 33.0 Å². The van der Waals surface area contributed by atoms with Crippen LogP contribution in [0.3, 0.4) is 0 Å². The summed E-state index contributed by atoms with van der Waals surface area (Å²) in [4.78, 5) is 19.8. The van der Waals surface area contributed by atoms with Gasteiger partial charge in [-0.1, -0.05) is 0 Å². The molecule has 0 aliphatic heterocycles. The fourth-order valence-electron chi connectivity index (χ4n) is 0.584. The minimum Gasteiger partial charge on any atom is -0.432 e. The van der Waals surface area contributed by atoms with Crippen molar-refractivity contribution in [2.75, 3.05) is 20.3 Å². The lowest BCUT2D eigenvalue weighted by Gasteiger charge is -2.12. The molecule has 0 spiro atoms. The lowest BCUT2D eigenvalue weighted by atomic mass is 10.5. The fraction of sp³-hybridized carbons (Fsp3) is 0.857. The van der Waals surface area contributed by atoms with Gasteiger partial charge in [0.15, 0.2) is 0 Å². The zero-order valence-corrected chi connectivity index (χ0v) is 9.73. The summed E-state index contributed by atoms with van der Waals surface area (Å²) in [6.07, 6.45) is -1.74. The molecular weight excluding hydrogens is 227 g/mol. The Morgan fingerprint density at radius 3 is 2.53 bits per heavy atom. The van der Waals surface area contributed by atoms with Crippen LogP contribution in [0.4, 0.5) is 4.79 Å². The van der Waals surface area contributed by atoms with Crippen LogP contribution in [0.25, 0.3) is 0 Å². The Kier molecular flexibility index (Phi) is 6.51. The van der Waals surface area contributed by atoms with Crippen molar-refractivity contribution in [1.29, 1.82) is 0 Å². The number of methoxy groups -OCH3 is 1. The SMILES string of the molecule is COCP(=O)(O)OCOC(=O)OC(C)C. The van der Waals surface area contributed by atoms with E-state index in [1.165, 1.54) is 7.11 Å². The van der Waals surface area contributed by atoms with Crippen LogP contribution in [0.15, 0.2) is 0 Å². The molecular formula is C7H15O7P. The predicted molar refractivity (Wildman–Crippen MR) is 50.4 cm³/mol.